The van der Waals surface area contributed by atoms with Gasteiger partial charge in [-0.15, -0.1) is 0 Å². The van der Waals surface area contributed by atoms with E-state index in [1.165, 1.54) is 21.9 Å². The summed E-state index contributed by atoms with van der Waals surface area (Å²) in [5.41, 5.74) is 2.34. The van der Waals surface area contributed by atoms with E-state index >= 15 is 0 Å². The quantitative estimate of drug-likeness (QED) is 0.184. The van der Waals surface area contributed by atoms with Crippen LogP contribution in [0.25, 0.3) is 0 Å². The molecule has 3 heterocycles. The lowest BCUT2D eigenvalue weighted by Crippen LogP contribution is -2.50. The first-order valence-electron chi connectivity index (χ1n) is 12.6. The number of ether oxygens (including phenoxy) is 2. The first kappa shape index (κ1) is 28.6. The number of carbonyl (C=O) groups excluding carboxylic acids is 3. The molecule has 39 heavy (non-hydrogen) atoms. The summed E-state index contributed by atoms with van der Waals surface area (Å²) in [7, 11) is -3.86. The molecule has 1 saturated heterocycles. The number of nitrogens with one attached hydrogen (secondary N) is 1. The number of carbonyl (C=O) groups is 3. The Labute approximate surface area is 227 Å². The van der Waals surface area contributed by atoms with E-state index in [1.807, 2.05) is 4.90 Å². The van der Waals surface area contributed by atoms with Gasteiger partial charge in [0.2, 0.25) is 0 Å². The Morgan fingerprint density at radius 1 is 1.26 bits per heavy atom. The fraction of sp³-hybridized carbons (Fsp3) is 0.577. The Balaban J connectivity index is 1.29. The van der Waals surface area contributed by atoms with E-state index in [0.29, 0.717) is 37.6 Å². The van der Waals surface area contributed by atoms with Gasteiger partial charge in [0, 0.05) is 43.3 Å². The van der Waals surface area contributed by atoms with Gasteiger partial charge in [0.15, 0.2) is 14.6 Å². The zero-order valence-electron chi connectivity index (χ0n) is 22.0. The minimum atomic E-state index is -3.86. The van der Waals surface area contributed by atoms with Crippen LogP contribution < -0.4 is 5.48 Å². The summed E-state index contributed by atoms with van der Waals surface area (Å²) in [6.45, 7) is 4.61. The van der Waals surface area contributed by atoms with Gasteiger partial charge in [-0.2, -0.15) is 0 Å². The average molecular weight is 561 g/mol. The van der Waals surface area contributed by atoms with Crippen LogP contribution in [0.15, 0.2) is 12.3 Å². The molecule has 1 saturated carbocycles. The first-order chi connectivity index (χ1) is 18.5. The lowest BCUT2D eigenvalue weighted by Gasteiger charge is -2.27. The summed E-state index contributed by atoms with van der Waals surface area (Å²) >= 11 is 0. The molecule has 0 spiro atoms. The minimum absolute atomic E-state index is 0.00307. The molecule has 13 heteroatoms. The van der Waals surface area contributed by atoms with E-state index in [-0.39, 0.29) is 50.1 Å². The molecule has 1 atom stereocenters. The van der Waals surface area contributed by atoms with Crippen LogP contribution in [0.4, 0.5) is 4.79 Å². The Kier molecular flexibility index (Phi) is 8.37. The summed E-state index contributed by atoms with van der Waals surface area (Å²) in [6, 6.07) is 1.39. The molecule has 0 aromatic carbocycles. The van der Waals surface area contributed by atoms with Crippen LogP contribution in [-0.2, 0) is 35.4 Å². The molecular weight excluding hydrogens is 528 g/mol. The molecule has 12 nitrogen and oxygen atoms in total. The third kappa shape index (κ3) is 6.62. The van der Waals surface area contributed by atoms with Crippen molar-refractivity contribution < 1.29 is 37.5 Å². The normalized spacial score (nSPS) is 19.6. The largest absolute Gasteiger partial charge is 0.463 e. The van der Waals surface area contributed by atoms with Crippen molar-refractivity contribution >= 4 is 27.7 Å². The standard InChI is InChI=1S/C26H32N4O8S/c1-25(23(32)27-34,39(2,35)36)9-10-29-17-21-15-20(16-30(21)24(29)33)5-3-4-6-26(7-8-26)19-38-22(31)18-28-11-13-37-14-12-28/h15-16,34H,7-14,17-19H2,1-2H3,(H,27,32). The number of hydroxylamine groups is 1. The topological polar surface area (TPSA) is 147 Å². The number of sulfone groups is 1. The van der Waals surface area contributed by atoms with E-state index in [2.05, 4.69) is 23.7 Å². The summed E-state index contributed by atoms with van der Waals surface area (Å²) in [6.07, 6.45) is 4.01. The molecule has 0 radical (unpaired) electrons. The molecule has 3 aliphatic rings. The lowest BCUT2D eigenvalue weighted by molar-refractivity contribution is -0.147. The third-order valence-electron chi connectivity index (χ3n) is 7.40. The maximum Gasteiger partial charge on any atom is 0.328 e. The number of morpholine rings is 1. The zero-order valence-corrected chi connectivity index (χ0v) is 22.8. The zero-order chi connectivity index (χ0) is 28.3. The van der Waals surface area contributed by atoms with Crippen LogP contribution in [0.5, 0.6) is 0 Å². The van der Waals surface area contributed by atoms with Gasteiger partial charge in [-0.1, -0.05) is 11.8 Å². The molecule has 2 amide bonds. The highest BCUT2D eigenvalue weighted by Crippen LogP contribution is 2.45. The van der Waals surface area contributed by atoms with Crippen molar-refractivity contribution in [3.8, 4) is 23.7 Å². The van der Waals surface area contributed by atoms with Crippen molar-refractivity contribution in [2.75, 3.05) is 52.3 Å². The van der Waals surface area contributed by atoms with Gasteiger partial charge >= 0.3 is 12.0 Å². The summed E-state index contributed by atoms with van der Waals surface area (Å²) < 4.78 is 34.6. The van der Waals surface area contributed by atoms with Gasteiger partial charge in [0.25, 0.3) is 5.91 Å². The van der Waals surface area contributed by atoms with E-state index in [4.69, 9.17) is 14.7 Å². The Hall–Kier alpha value is -3.36. The van der Waals surface area contributed by atoms with Gasteiger partial charge in [0.05, 0.1) is 31.7 Å². The summed E-state index contributed by atoms with van der Waals surface area (Å²) in [5, 5.41) is 8.96. The molecule has 1 unspecified atom stereocenters. The van der Waals surface area contributed by atoms with Crippen molar-refractivity contribution in [3.63, 3.8) is 0 Å². The first-order valence-corrected chi connectivity index (χ1v) is 14.5. The van der Waals surface area contributed by atoms with Crippen molar-refractivity contribution in [1.82, 2.24) is 19.8 Å². The monoisotopic (exact) mass is 560 g/mol. The Morgan fingerprint density at radius 3 is 2.59 bits per heavy atom. The number of rotatable bonds is 9. The number of hydrogen-bond acceptors (Lipinski definition) is 9. The van der Waals surface area contributed by atoms with Crippen molar-refractivity contribution in [2.24, 2.45) is 5.41 Å². The second-order valence-corrected chi connectivity index (χ2v) is 12.8. The Morgan fingerprint density at radius 2 is 1.97 bits per heavy atom. The van der Waals surface area contributed by atoms with Gasteiger partial charge in [-0.25, -0.2) is 18.7 Å². The van der Waals surface area contributed by atoms with Crippen molar-refractivity contribution in [2.45, 2.75) is 37.5 Å². The van der Waals surface area contributed by atoms with Gasteiger partial charge < -0.3 is 14.4 Å². The second-order valence-electron chi connectivity index (χ2n) is 10.3. The minimum Gasteiger partial charge on any atom is -0.463 e. The van der Waals surface area contributed by atoms with Gasteiger partial charge in [-0.3, -0.25) is 24.3 Å². The number of fused-ring (bicyclic) bond motifs is 1. The van der Waals surface area contributed by atoms with Gasteiger partial charge in [0.1, 0.15) is 6.61 Å². The fourth-order valence-corrected chi connectivity index (χ4v) is 5.17. The van der Waals surface area contributed by atoms with Crippen LogP contribution in [0, 0.1) is 29.1 Å². The Bertz CT molecular complexity index is 1370. The van der Waals surface area contributed by atoms with E-state index in [0.717, 1.165) is 19.1 Å². The maximum absolute atomic E-state index is 12.8. The summed E-state index contributed by atoms with van der Waals surface area (Å²) in [4.78, 5) is 40.4. The molecule has 0 bridgehead atoms. The molecule has 2 N–H and O–H groups in total. The highest BCUT2D eigenvalue weighted by atomic mass is 32.2. The predicted octanol–water partition coefficient (Wildman–Crippen LogP) is -0.0189. The molecule has 1 aliphatic carbocycles. The van der Waals surface area contributed by atoms with Crippen molar-refractivity contribution in [1.29, 1.82) is 0 Å². The molecular formula is C26H32N4O8S. The summed E-state index contributed by atoms with van der Waals surface area (Å²) in [5.74, 6) is 10.4. The molecule has 210 valence electrons. The number of hydrogen-bond donors (Lipinski definition) is 2. The SMILES string of the molecule is CC(CCN1Cc2cc(C#CC#CC3(COC(=O)CN4CCOCC4)CC3)cn2C1=O)(C(=O)NO)S(C)(=O)=O. The van der Waals surface area contributed by atoms with Gasteiger partial charge in [-0.05, 0) is 44.1 Å². The molecule has 1 aromatic rings. The maximum atomic E-state index is 12.8. The third-order valence-corrected chi connectivity index (χ3v) is 9.43. The fourth-order valence-electron chi connectivity index (χ4n) is 4.33. The van der Waals surface area contributed by atoms with E-state index in [1.54, 1.807) is 12.3 Å². The highest BCUT2D eigenvalue weighted by molar-refractivity contribution is 7.92. The number of amides is 2. The highest BCUT2D eigenvalue weighted by Gasteiger charge is 2.44. The van der Waals surface area contributed by atoms with Crippen molar-refractivity contribution in [3.05, 3.63) is 23.5 Å². The average Bonchev–Trinajstić information content (AvgIpc) is 3.47. The molecule has 4 rings (SSSR count). The van der Waals surface area contributed by atoms with Crippen LogP contribution in [-0.4, -0.2) is 103 Å². The second kappa shape index (κ2) is 11.4. The molecule has 2 fully saturated rings. The number of nitrogens with zero attached hydrogens (tertiary/aromatic N) is 3. The van der Waals surface area contributed by atoms with Crippen LogP contribution >= 0.6 is 0 Å². The lowest BCUT2D eigenvalue weighted by atomic mass is 10.1. The van der Waals surface area contributed by atoms with Crippen LogP contribution in [0.2, 0.25) is 0 Å². The van der Waals surface area contributed by atoms with Crippen LogP contribution in [0.1, 0.15) is 37.4 Å². The van der Waals surface area contributed by atoms with Crippen LogP contribution in [0.3, 0.4) is 0 Å². The van der Waals surface area contributed by atoms with E-state index < -0.39 is 20.5 Å². The number of esters is 1. The molecule has 1 aromatic heterocycles. The molecule has 2 aliphatic heterocycles. The number of aromatic nitrogens is 1. The smallest absolute Gasteiger partial charge is 0.328 e. The predicted molar refractivity (Wildman–Crippen MR) is 138 cm³/mol. The van der Waals surface area contributed by atoms with E-state index in [9.17, 15) is 22.8 Å².